The van der Waals surface area contributed by atoms with E-state index in [4.69, 9.17) is 0 Å². The number of hydrogen-bond donors (Lipinski definition) is 1. The fourth-order valence-electron chi connectivity index (χ4n) is 2.87. The smallest absolute Gasteiger partial charge is 0.234 e. The summed E-state index contributed by atoms with van der Waals surface area (Å²) in [6.07, 6.45) is 2.41. The third kappa shape index (κ3) is 5.41. The van der Waals surface area contributed by atoms with Crippen molar-refractivity contribution >= 4 is 17.2 Å². The second-order valence-corrected chi connectivity index (χ2v) is 7.29. The van der Waals surface area contributed by atoms with Gasteiger partial charge in [0.25, 0.3) is 0 Å². The highest BCUT2D eigenvalue weighted by molar-refractivity contribution is 7.10. The molecule has 0 aliphatic carbocycles. The van der Waals surface area contributed by atoms with E-state index in [9.17, 15) is 4.79 Å². The Morgan fingerprint density at radius 1 is 1.43 bits per heavy atom. The van der Waals surface area contributed by atoms with Crippen LogP contribution in [0.3, 0.4) is 0 Å². The Bertz CT molecular complexity index is 450. The monoisotopic (exact) mass is 309 g/mol. The summed E-state index contributed by atoms with van der Waals surface area (Å²) < 4.78 is 0. The number of thiophene rings is 1. The highest BCUT2D eigenvalue weighted by atomic mass is 32.1. The topological polar surface area (TPSA) is 35.6 Å². The molecule has 0 unspecified atom stereocenters. The molecule has 1 amide bonds. The zero-order valence-corrected chi connectivity index (χ0v) is 14.2. The number of likely N-dealkylation sites (tertiary alicyclic amines) is 1. The number of hydrogen-bond acceptors (Lipinski definition) is 4. The van der Waals surface area contributed by atoms with Crippen LogP contribution in [0.1, 0.15) is 23.3 Å². The molecule has 0 saturated carbocycles. The Morgan fingerprint density at radius 2 is 2.14 bits per heavy atom. The summed E-state index contributed by atoms with van der Waals surface area (Å²) >= 11 is 1.71. The summed E-state index contributed by atoms with van der Waals surface area (Å²) in [7, 11) is 4.26. The Labute approximate surface area is 132 Å². The van der Waals surface area contributed by atoms with Gasteiger partial charge in [-0.3, -0.25) is 9.69 Å². The van der Waals surface area contributed by atoms with Crippen LogP contribution >= 0.6 is 11.3 Å². The summed E-state index contributed by atoms with van der Waals surface area (Å²) in [5, 5.41) is 5.11. The minimum absolute atomic E-state index is 0.147. The molecule has 1 aliphatic rings. The molecule has 0 atom stereocenters. The first kappa shape index (κ1) is 16.5. The van der Waals surface area contributed by atoms with Crippen molar-refractivity contribution in [2.45, 2.75) is 26.3 Å². The van der Waals surface area contributed by atoms with Crippen LogP contribution in [0, 0.1) is 12.8 Å². The average molecular weight is 309 g/mol. The molecule has 21 heavy (non-hydrogen) atoms. The van der Waals surface area contributed by atoms with Gasteiger partial charge in [0.05, 0.1) is 13.1 Å². The predicted molar refractivity (Wildman–Crippen MR) is 88.6 cm³/mol. The van der Waals surface area contributed by atoms with Gasteiger partial charge in [0, 0.05) is 11.4 Å². The maximum atomic E-state index is 12.0. The molecule has 0 radical (unpaired) electrons. The third-order valence-corrected chi connectivity index (χ3v) is 5.13. The first-order valence-electron chi connectivity index (χ1n) is 7.71. The van der Waals surface area contributed by atoms with Crippen LogP contribution in [-0.2, 0) is 11.3 Å². The van der Waals surface area contributed by atoms with Crippen LogP contribution in [0.2, 0.25) is 0 Å². The largest absolute Gasteiger partial charge is 0.350 e. The lowest BCUT2D eigenvalue weighted by Crippen LogP contribution is -2.42. The normalized spacial score (nSPS) is 17.3. The molecular formula is C16H27N3OS. The predicted octanol–water partition coefficient (Wildman–Crippen LogP) is 1.95. The number of rotatable bonds is 6. The summed E-state index contributed by atoms with van der Waals surface area (Å²) in [5.41, 5.74) is 1.27. The molecule has 4 nitrogen and oxygen atoms in total. The van der Waals surface area contributed by atoms with E-state index in [1.165, 1.54) is 23.3 Å². The van der Waals surface area contributed by atoms with E-state index >= 15 is 0 Å². The van der Waals surface area contributed by atoms with Crippen molar-refractivity contribution in [3.8, 4) is 0 Å². The first-order chi connectivity index (χ1) is 10.0. The van der Waals surface area contributed by atoms with Gasteiger partial charge in [-0.25, -0.2) is 0 Å². The number of aryl methyl sites for hydroxylation is 1. The fraction of sp³-hybridized carbons (Fsp3) is 0.688. The van der Waals surface area contributed by atoms with E-state index in [0.29, 0.717) is 13.1 Å². The van der Waals surface area contributed by atoms with Crippen molar-refractivity contribution in [2.24, 2.45) is 5.92 Å². The van der Waals surface area contributed by atoms with Crippen LogP contribution in [0.5, 0.6) is 0 Å². The molecule has 1 fully saturated rings. The molecule has 5 heteroatoms. The summed E-state index contributed by atoms with van der Waals surface area (Å²) in [5.74, 6) is 0.932. The van der Waals surface area contributed by atoms with Crippen molar-refractivity contribution in [1.82, 2.24) is 15.1 Å². The molecule has 2 rings (SSSR count). The zero-order chi connectivity index (χ0) is 15.2. The molecule has 2 heterocycles. The Morgan fingerprint density at radius 3 is 2.71 bits per heavy atom. The van der Waals surface area contributed by atoms with Crippen LogP contribution in [-0.4, -0.2) is 56.0 Å². The maximum absolute atomic E-state index is 12.0. The molecule has 1 N–H and O–H groups in total. The molecule has 118 valence electrons. The molecule has 0 aromatic carbocycles. The molecule has 0 spiro atoms. The van der Waals surface area contributed by atoms with Crippen LogP contribution in [0.15, 0.2) is 11.4 Å². The lowest BCUT2D eigenvalue weighted by atomic mass is 9.96. The highest BCUT2D eigenvalue weighted by Gasteiger charge is 2.21. The van der Waals surface area contributed by atoms with Crippen LogP contribution in [0.4, 0.5) is 0 Å². The van der Waals surface area contributed by atoms with Crippen molar-refractivity contribution in [2.75, 3.05) is 40.3 Å². The number of nitrogens with zero attached hydrogens (tertiary/aromatic N) is 2. The molecule has 1 aromatic heterocycles. The highest BCUT2D eigenvalue weighted by Crippen LogP contribution is 2.17. The molecule has 1 aliphatic heterocycles. The second kappa shape index (κ2) is 7.92. The van der Waals surface area contributed by atoms with E-state index in [1.807, 2.05) is 0 Å². The van der Waals surface area contributed by atoms with Crippen LogP contribution in [0.25, 0.3) is 0 Å². The summed E-state index contributed by atoms with van der Waals surface area (Å²) in [6.45, 7) is 6.55. The molecule has 1 aromatic rings. The van der Waals surface area contributed by atoms with Gasteiger partial charge in [-0.1, -0.05) is 0 Å². The zero-order valence-electron chi connectivity index (χ0n) is 13.4. The molecule has 1 saturated heterocycles. The lowest BCUT2D eigenvalue weighted by molar-refractivity contribution is -0.122. The average Bonchev–Trinajstić information content (AvgIpc) is 2.84. The van der Waals surface area contributed by atoms with E-state index in [-0.39, 0.29) is 5.91 Å². The number of amides is 1. The van der Waals surface area contributed by atoms with Gasteiger partial charge >= 0.3 is 0 Å². The van der Waals surface area contributed by atoms with Gasteiger partial charge in [0.15, 0.2) is 0 Å². The van der Waals surface area contributed by atoms with Crippen molar-refractivity contribution < 1.29 is 4.79 Å². The Kier molecular flexibility index (Phi) is 6.21. The van der Waals surface area contributed by atoms with Crippen molar-refractivity contribution in [3.63, 3.8) is 0 Å². The molecule has 0 bridgehead atoms. The van der Waals surface area contributed by atoms with Crippen molar-refractivity contribution in [3.05, 3.63) is 21.9 Å². The van der Waals surface area contributed by atoms with E-state index in [2.05, 4.69) is 47.6 Å². The van der Waals surface area contributed by atoms with Gasteiger partial charge in [-0.15, -0.1) is 11.3 Å². The standard InChI is InChI=1S/C16H27N3OS/c1-13-6-9-21-15(13)10-17-16(20)12-19-7-4-14(5-8-19)11-18(2)3/h6,9,14H,4-5,7-8,10-12H2,1-3H3,(H,17,20). The summed E-state index contributed by atoms with van der Waals surface area (Å²) in [4.78, 5) is 17.8. The fourth-order valence-corrected chi connectivity index (χ4v) is 3.71. The quantitative estimate of drug-likeness (QED) is 0.872. The van der Waals surface area contributed by atoms with Crippen molar-refractivity contribution in [1.29, 1.82) is 0 Å². The number of nitrogens with one attached hydrogen (secondary N) is 1. The van der Waals surface area contributed by atoms with Gasteiger partial charge in [0.1, 0.15) is 0 Å². The minimum Gasteiger partial charge on any atom is -0.350 e. The third-order valence-electron chi connectivity index (χ3n) is 4.11. The van der Waals surface area contributed by atoms with Gasteiger partial charge in [-0.2, -0.15) is 0 Å². The number of piperidine rings is 1. The van der Waals surface area contributed by atoms with Gasteiger partial charge in [0.2, 0.25) is 5.91 Å². The second-order valence-electron chi connectivity index (χ2n) is 6.29. The van der Waals surface area contributed by atoms with Gasteiger partial charge < -0.3 is 10.2 Å². The molecular weight excluding hydrogens is 282 g/mol. The minimum atomic E-state index is 0.147. The van der Waals surface area contributed by atoms with E-state index in [1.54, 1.807) is 11.3 Å². The maximum Gasteiger partial charge on any atom is 0.234 e. The Hall–Kier alpha value is -0.910. The van der Waals surface area contributed by atoms with E-state index in [0.717, 1.165) is 25.6 Å². The van der Waals surface area contributed by atoms with Gasteiger partial charge in [-0.05, 0) is 69.9 Å². The van der Waals surface area contributed by atoms with Crippen LogP contribution < -0.4 is 5.32 Å². The first-order valence-corrected chi connectivity index (χ1v) is 8.59. The Balaban J connectivity index is 1.66. The number of carbonyl (C=O) groups excluding carboxylic acids is 1. The number of carbonyl (C=O) groups is 1. The van der Waals surface area contributed by atoms with E-state index < -0.39 is 0 Å². The summed E-state index contributed by atoms with van der Waals surface area (Å²) in [6, 6.07) is 2.10. The lowest BCUT2D eigenvalue weighted by Gasteiger charge is -2.32. The SMILES string of the molecule is Cc1ccsc1CNC(=O)CN1CCC(CN(C)C)CC1.